The number of furan rings is 1. The number of thiophene rings is 1. The molecule has 0 saturated heterocycles. The first-order chi connectivity index (χ1) is 8.25. The van der Waals surface area contributed by atoms with Crippen LogP contribution in [-0.4, -0.2) is 6.61 Å². The Hall–Kier alpha value is -1.45. The highest BCUT2D eigenvalue weighted by Gasteiger charge is 2.25. The van der Waals surface area contributed by atoms with Crippen LogP contribution < -0.4 is 0 Å². The third kappa shape index (κ3) is 1.81. The molecular formula is C13H9ClO2S. The van der Waals surface area contributed by atoms with Crippen LogP contribution in [0.2, 0.25) is 4.34 Å². The van der Waals surface area contributed by atoms with E-state index in [1.807, 2.05) is 24.3 Å². The fourth-order valence-electron chi connectivity index (χ4n) is 1.85. The molecule has 0 N–H and O–H groups in total. The third-order valence-corrected chi connectivity index (χ3v) is 3.90. The van der Waals surface area contributed by atoms with Gasteiger partial charge in [0.15, 0.2) is 0 Å². The van der Waals surface area contributed by atoms with Gasteiger partial charge in [0.2, 0.25) is 0 Å². The SMILES string of the molecule is C=C1OCC(c2ccc(Cl)s2)=C1c1ccco1. The molecule has 0 aliphatic carbocycles. The number of allylic oxidation sites excluding steroid dienone is 1. The summed E-state index contributed by atoms with van der Waals surface area (Å²) in [5.41, 5.74) is 2.02. The van der Waals surface area contributed by atoms with Gasteiger partial charge >= 0.3 is 0 Å². The van der Waals surface area contributed by atoms with E-state index in [1.54, 1.807) is 6.26 Å². The molecule has 0 amide bonds. The van der Waals surface area contributed by atoms with Crippen molar-refractivity contribution in [2.75, 3.05) is 6.61 Å². The van der Waals surface area contributed by atoms with E-state index in [4.69, 9.17) is 20.8 Å². The molecule has 3 rings (SSSR count). The van der Waals surface area contributed by atoms with Gasteiger partial charge in [0, 0.05) is 10.5 Å². The molecule has 1 aliphatic heterocycles. The number of ether oxygens (including phenoxy) is 1. The van der Waals surface area contributed by atoms with Crippen LogP contribution in [0.4, 0.5) is 0 Å². The van der Waals surface area contributed by atoms with Gasteiger partial charge < -0.3 is 9.15 Å². The largest absolute Gasteiger partial charge is 0.489 e. The second-order valence-corrected chi connectivity index (χ2v) is 5.36. The van der Waals surface area contributed by atoms with Crippen molar-refractivity contribution in [2.45, 2.75) is 0 Å². The lowest BCUT2D eigenvalue weighted by Crippen LogP contribution is -1.84. The minimum absolute atomic E-state index is 0.520. The maximum atomic E-state index is 5.96. The van der Waals surface area contributed by atoms with Gasteiger partial charge in [-0.3, -0.25) is 0 Å². The highest BCUT2D eigenvalue weighted by atomic mass is 35.5. The van der Waals surface area contributed by atoms with Crippen LogP contribution in [0.25, 0.3) is 11.1 Å². The maximum absolute atomic E-state index is 5.96. The molecule has 17 heavy (non-hydrogen) atoms. The first-order valence-electron chi connectivity index (χ1n) is 5.10. The Balaban J connectivity index is 2.15. The van der Waals surface area contributed by atoms with Crippen molar-refractivity contribution in [1.29, 1.82) is 0 Å². The van der Waals surface area contributed by atoms with Crippen LogP contribution in [0.3, 0.4) is 0 Å². The standard InChI is InChI=1S/C13H9ClO2S/c1-8-13(10-3-2-6-15-10)9(7-16-8)11-4-5-12(14)17-11/h2-6H,1,7H2. The molecule has 2 aromatic heterocycles. The van der Waals surface area contributed by atoms with Crippen LogP contribution in [0.5, 0.6) is 0 Å². The molecule has 2 nitrogen and oxygen atoms in total. The summed E-state index contributed by atoms with van der Waals surface area (Å²) in [7, 11) is 0. The molecule has 4 heteroatoms. The Morgan fingerprint density at radius 2 is 2.18 bits per heavy atom. The molecule has 0 saturated carbocycles. The second kappa shape index (κ2) is 4.09. The van der Waals surface area contributed by atoms with Crippen LogP contribution in [0, 0.1) is 0 Å². The molecule has 1 aliphatic rings. The lowest BCUT2D eigenvalue weighted by Gasteiger charge is -2.00. The summed E-state index contributed by atoms with van der Waals surface area (Å²) in [6.07, 6.45) is 1.65. The normalized spacial score (nSPS) is 15.5. The van der Waals surface area contributed by atoms with Gasteiger partial charge in [-0.25, -0.2) is 0 Å². The molecule has 3 heterocycles. The Kier molecular flexibility index (Phi) is 2.57. The molecule has 0 spiro atoms. The lowest BCUT2D eigenvalue weighted by atomic mass is 10.1. The van der Waals surface area contributed by atoms with Crippen molar-refractivity contribution < 1.29 is 9.15 Å². The van der Waals surface area contributed by atoms with Crippen LogP contribution >= 0.6 is 22.9 Å². The molecule has 0 aromatic carbocycles. The van der Waals surface area contributed by atoms with E-state index in [1.165, 1.54) is 11.3 Å². The van der Waals surface area contributed by atoms with Crippen LogP contribution in [-0.2, 0) is 4.74 Å². The van der Waals surface area contributed by atoms with E-state index >= 15 is 0 Å². The number of hydrogen-bond donors (Lipinski definition) is 0. The average molecular weight is 265 g/mol. The van der Waals surface area contributed by atoms with Gasteiger partial charge in [0.1, 0.15) is 18.1 Å². The van der Waals surface area contributed by atoms with Gasteiger partial charge in [0.05, 0.1) is 16.2 Å². The zero-order chi connectivity index (χ0) is 11.8. The Labute approximate surface area is 108 Å². The van der Waals surface area contributed by atoms with E-state index in [2.05, 4.69) is 6.58 Å². The topological polar surface area (TPSA) is 22.4 Å². The number of halogens is 1. The number of hydrogen-bond acceptors (Lipinski definition) is 3. The van der Waals surface area contributed by atoms with Crippen molar-refractivity contribution in [2.24, 2.45) is 0 Å². The van der Waals surface area contributed by atoms with E-state index in [0.29, 0.717) is 12.4 Å². The van der Waals surface area contributed by atoms with Crippen molar-refractivity contribution >= 4 is 34.1 Å². The van der Waals surface area contributed by atoms with Gasteiger partial charge in [-0.15, -0.1) is 11.3 Å². The van der Waals surface area contributed by atoms with E-state index < -0.39 is 0 Å². The fraction of sp³-hybridized carbons (Fsp3) is 0.0769. The first-order valence-corrected chi connectivity index (χ1v) is 6.30. The zero-order valence-electron chi connectivity index (χ0n) is 8.90. The monoisotopic (exact) mass is 264 g/mol. The molecule has 0 bridgehead atoms. The van der Waals surface area contributed by atoms with E-state index in [-0.39, 0.29) is 0 Å². The predicted molar refractivity (Wildman–Crippen MR) is 69.9 cm³/mol. The zero-order valence-corrected chi connectivity index (χ0v) is 10.5. The third-order valence-electron chi connectivity index (χ3n) is 2.61. The summed E-state index contributed by atoms with van der Waals surface area (Å²) < 4.78 is 11.7. The summed E-state index contributed by atoms with van der Waals surface area (Å²) >= 11 is 7.49. The maximum Gasteiger partial charge on any atom is 0.138 e. The summed E-state index contributed by atoms with van der Waals surface area (Å²) in [6.45, 7) is 4.43. The van der Waals surface area contributed by atoms with Gasteiger partial charge in [-0.2, -0.15) is 0 Å². The van der Waals surface area contributed by atoms with Crippen LogP contribution in [0.15, 0.2) is 47.3 Å². The van der Waals surface area contributed by atoms with E-state index in [9.17, 15) is 0 Å². The molecule has 0 unspecified atom stereocenters. The highest BCUT2D eigenvalue weighted by molar-refractivity contribution is 7.17. The average Bonchev–Trinajstić information content (AvgIpc) is 2.97. The molecule has 0 fully saturated rings. The summed E-state index contributed by atoms with van der Waals surface area (Å²) in [5, 5.41) is 0. The van der Waals surface area contributed by atoms with E-state index in [0.717, 1.165) is 26.1 Å². The van der Waals surface area contributed by atoms with Crippen LogP contribution in [0.1, 0.15) is 10.6 Å². The minimum Gasteiger partial charge on any atom is -0.489 e. The summed E-state index contributed by atoms with van der Waals surface area (Å²) in [4.78, 5) is 1.10. The molecule has 2 aromatic rings. The highest BCUT2D eigenvalue weighted by Crippen LogP contribution is 2.40. The Bertz CT molecular complexity index is 593. The molecular weight excluding hydrogens is 256 g/mol. The van der Waals surface area contributed by atoms with Crippen molar-refractivity contribution in [3.05, 3.63) is 57.8 Å². The molecule has 0 radical (unpaired) electrons. The second-order valence-electron chi connectivity index (χ2n) is 3.65. The predicted octanol–water partition coefficient (Wildman–Crippen LogP) is 4.45. The lowest BCUT2D eigenvalue weighted by molar-refractivity contribution is 0.286. The van der Waals surface area contributed by atoms with Crippen molar-refractivity contribution in [1.82, 2.24) is 0 Å². The fourth-order valence-corrected chi connectivity index (χ4v) is 2.93. The smallest absolute Gasteiger partial charge is 0.138 e. The Morgan fingerprint density at radius 3 is 2.82 bits per heavy atom. The van der Waals surface area contributed by atoms with Gasteiger partial charge in [-0.05, 0) is 24.3 Å². The quantitative estimate of drug-likeness (QED) is 0.800. The molecule has 0 atom stereocenters. The molecule has 86 valence electrons. The summed E-state index contributed by atoms with van der Waals surface area (Å²) in [6, 6.07) is 7.64. The van der Waals surface area contributed by atoms with Gasteiger partial charge in [0.25, 0.3) is 0 Å². The number of rotatable bonds is 2. The summed E-state index contributed by atoms with van der Waals surface area (Å²) in [5.74, 6) is 1.44. The first kappa shape index (κ1) is 10.7. The van der Waals surface area contributed by atoms with Crippen molar-refractivity contribution in [3.63, 3.8) is 0 Å². The Morgan fingerprint density at radius 1 is 1.29 bits per heavy atom. The minimum atomic E-state index is 0.520. The van der Waals surface area contributed by atoms with Gasteiger partial charge in [-0.1, -0.05) is 18.2 Å². The van der Waals surface area contributed by atoms with Crippen molar-refractivity contribution in [3.8, 4) is 0 Å².